The Morgan fingerprint density at radius 3 is 2.90 bits per heavy atom. The number of nitrogens with two attached hydrogens (primary N) is 1. The molecule has 0 amide bonds. The number of carbonyl (C=O) groups excluding carboxylic acids is 1. The van der Waals surface area contributed by atoms with E-state index in [0.29, 0.717) is 6.54 Å². The highest BCUT2D eigenvalue weighted by atomic mass is 16.5. The molecule has 0 fully saturated rings. The first-order valence-corrected chi connectivity index (χ1v) is 3.26. The molecule has 0 unspecified atom stereocenters. The molecular weight excluding hydrogens is 130 g/mol. The predicted octanol–water partition coefficient (Wildman–Crippen LogP) is 0.455. The van der Waals surface area contributed by atoms with Gasteiger partial charge in [-0.2, -0.15) is 0 Å². The fourth-order valence-corrected chi connectivity index (χ4v) is 0.483. The highest BCUT2D eigenvalue weighted by Crippen LogP contribution is 1.88. The topological polar surface area (TPSA) is 52.3 Å². The minimum Gasteiger partial charge on any atom is -0.466 e. The van der Waals surface area contributed by atoms with E-state index in [9.17, 15) is 4.79 Å². The summed E-state index contributed by atoms with van der Waals surface area (Å²) < 4.78 is 4.37. The van der Waals surface area contributed by atoms with Gasteiger partial charge in [0.05, 0.1) is 7.11 Å². The average Bonchev–Trinajstić information content (AvgIpc) is 1.98. The summed E-state index contributed by atoms with van der Waals surface area (Å²) in [6, 6.07) is 0. The summed E-state index contributed by atoms with van der Waals surface area (Å²) in [6.45, 7) is 0.658. The molecule has 0 radical (unpaired) electrons. The van der Waals surface area contributed by atoms with Crippen molar-refractivity contribution in [3.05, 3.63) is 12.2 Å². The summed E-state index contributed by atoms with van der Waals surface area (Å²) >= 11 is 0. The zero-order chi connectivity index (χ0) is 7.82. The number of unbranched alkanes of at least 4 members (excludes halogenated alkanes) is 1. The second-order valence-electron chi connectivity index (χ2n) is 1.86. The quantitative estimate of drug-likeness (QED) is 0.353. The summed E-state index contributed by atoms with van der Waals surface area (Å²) in [4.78, 5) is 10.4. The number of rotatable bonds is 4. The second-order valence-corrected chi connectivity index (χ2v) is 1.86. The fourth-order valence-electron chi connectivity index (χ4n) is 0.483. The van der Waals surface area contributed by atoms with Crippen LogP contribution in [0.2, 0.25) is 0 Å². The van der Waals surface area contributed by atoms with Gasteiger partial charge in [-0.15, -0.1) is 0 Å². The Morgan fingerprint density at radius 1 is 1.70 bits per heavy atom. The normalized spacial score (nSPS) is 10.2. The molecule has 0 heterocycles. The maximum atomic E-state index is 10.4. The van der Waals surface area contributed by atoms with Crippen LogP contribution in [0.3, 0.4) is 0 Å². The number of allylic oxidation sites excluding steroid dienone is 1. The highest BCUT2D eigenvalue weighted by Gasteiger charge is 1.87. The van der Waals surface area contributed by atoms with E-state index in [-0.39, 0.29) is 5.97 Å². The zero-order valence-electron chi connectivity index (χ0n) is 6.17. The van der Waals surface area contributed by atoms with Crippen molar-refractivity contribution in [3.63, 3.8) is 0 Å². The van der Waals surface area contributed by atoms with E-state index in [1.54, 1.807) is 6.08 Å². The van der Waals surface area contributed by atoms with Crippen molar-refractivity contribution in [1.29, 1.82) is 0 Å². The molecule has 2 N–H and O–H groups in total. The van der Waals surface area contributed by atoms with E-state index >= 15 is 0 Å². The van der Waals surface area contributed by atoms with Crippen LogP contribution in [-0.4, -0.2) is 19.6 Å². The van der Waals surface area contributed by atoms with Gasteiger partial charge in [0.25, 0.3) is 0 Å². The van der Waals surface area contributed by atoms with Crippen LogP contribution < -0.4 is 5.73 Å². The van der Waals surface area contributed by atoms with Crippen LogP contribution in [0, 0.1) is 0 Å². The van der Waals surface area contributed by atoms with Crippen molar-refractivity contribution in [2.75, 3.05) is 13.7 Å². The smallest absolute Gasteiger partial charge is 0.330 e. The molecule has 0 aliphatic carbocycles. The molecule has 0 aliphatic rings. The van der Waals surface area contributed by atoms with E-state index in [1.165, 1.54) is 13.2 Å². The van der Waals surface area contributed by atoms with E-state index < -0.39 is 0 Å². The molecule has 58 valence electrons. The van der Waals surface area contributed by atoms with E-state index in [1.807, 2.05) is 0 Å². The SMILES string of the molecule is COC(=O)C=CCCCN. The molecule has 0 saturated carbocycles. The Kier molecular flexibility index (Phi) is 5.77. The number of ether oxygens (including phenoxy) is 1. The summed E-state index contributed by atoms with van der Waals surface area (Å²) in [7, 11) is 1.36. The molecule has 0 bridgehead atoms. The number of hydrogen-bond donors (Lipinski definition) is 1. The average molecular weight is 143 g/mol. The van der Waals surface area contributed by atoms with Gasteiger partial charge >= 0.3 is 5.97 Å². The Morgan fingerprint density at radius 2 is 2.40 bits per heavy atom. The van der Waals surface area contributed by atoms with E-state index in [4.69, 9.17) is 5.73 Å². The first-order chi connectivity index (χ1) is 4.81. The van der Waals surface area contributed by atoms with Gasteiger partial charge in [-0.05, 0) is 19.4 Å². The van der Waals surface area contributed by atoms with Crippen molar-refractivity contribution < 1.29 is 9.53 Å². The largest absolute Gasteiger partial charge is 0.466 e. The zero-order valence-corrected chi connectivity index (χ0v) is 6.17. The monoisotopic (exact) mass is 143 g/mol. The third kappa shape index (κ3) is 5.31. The minimum absolute atomic E-state index is 0.308. The maximum absolute atomic E-state index is 10.4. The molecule has 3 heteroatoms. The van der Waals surface area contributed by atoms with Crippen molar-refractivity contribution in [1.82, 2.24) is 0 Å². The lowest BCUT2D eigenvalue weighted by atomic mass is 10.3. The molecular formula is C7H13NO2. The number of esters is 1. The van der Waals surface area contributed by atoms with Crippen molar-refractivity contribution in [3.8, 4) is 0 Å². The van der Waals surface area contributed by atoms with Gasteiger partial charge in [-0.3, -0.25) is 0 Å². The first-order valence-electron chi connectivity index (χ1n) is 3.26. The lowest BCUT2D eigenvalue weighted by Crippen LogP contribution is -1.97. The minimum atomic E-state index is -0.308. The molecule has 0 aliphatic heterocycles. The van der Waals surface area contributed by atoms with Gasteiger partial charge in [-0.25, -0.2) is 4.79 Å². The van der Waals surface area contributed by atoms with Crippen LogP contribution >= 0.6 is 0 Å². The molecule has 0 saturated heterocycles. The number of methoxy groups -OCH3 is 1. The molecule has 0 aromatic carbocycles. The fraction of sp³-hybridized carbons (Fsp3) is 0.571. The third-order valence-corrected chi connectivity index (χ3v) is 1.03. The van der Waals surface area contributed by atoms with Gasteiger partial charge in [0.2, 0.25) is 0 Å². The molecule has 10 heavy (non-hydrogen) atoms. The van der Waals surface area contributed by atoms with E-state index in [2.05, 4.69) is 4.74 Å². The molecule has 3 nitrogen and oxygen atoms in total. The Labute approximate surface area is 60.9 Å². The summed E-state index contributed by atoms with van der Waals surface area (Å²) in [5.74, 6) is -0.308. The number of carbonyl (C=O) groups is 1. The maximum Gasteiger partial charge on any atom is 0.330 e. The van der Waals surface area contributed by atoms with Crippen LogP contribution in [0.25, 0.3) is 0 Å². The summed E-state index contributed by atoms with van der Waals surface area (Å²) in [6.07, 6.45) is 4.92. The second kappa shape index (κ2) is 6.29. The Balaban J connectivity index is 3.27. The third-order valence-electron chi connectivity index (χ3n) is 1.03. The summed E-state index contributed by atoms with van der Waals surface area (Å²) in [5.41, 5.74) is 5.23. The molecule has 0 aromatic rings. The lowest BCUT2D eigenvalue weighted by molar-refractivity contribution is -0.134. The number of hydrogen-bond acceptors (Lipinski definition) is 3. The standard InChI is InChI=1S/C7H13NO2/c1-10-7(9)5-3-2-4-6-8/h3,5H,2,4,6,8H2,1H3. The van der Waals surface area contributed by atoms with Crippen LogP contribution in [0.1, 0.15) is 12.8 Å². The van der Waals surface area contributed by atoms with Gasteiger partial charge in [0, 0.05) is 6.08 Å². The molecule has 0 spiro atoms. The van der Waals surface area contributed by atoms with Crippen molar-refractivity contribution in [2.24, 2.45) is 5.73 Å². The Bertz CT molecular complexity index is 121. The van der Waals surface area contributed by atoms with Crippen LogP contribution in [0.5, 0.6) is 0 Å². The molecule has 0 rings (SSSR count). The van der Waals surface area contributed by atoms with Crippen molar-refractivity contribution >= 4 is 5.97 Å². The van der Waals surface area contributed by atoms with Crippen LogP contribution in [-0.2, 0) is 9.53 Å². The summed E-state index contributed by atoms with van der Waals surface area (Å²) in [5, 5.41) is 0. The van der Waals surface area contributed by atoms with Crippen molar-refractivity contribution in [2.45, 2.75) is 12.8 Å². The Hall–Kier alpha value is -0.830. The first kappa shape index (κ1) is 9.17. The van der Waals surface area contributed by atoms with Gasteiger partial charge < -0.3 is 10.5 Å². The molecule has 0 atom stereocenters. The van der Waals surface area contributed by atoms with Gasteiger partial charge in [0.15, 0.2) is 0 Å². The van der Waals surface area contributed by atoms with Gasteiger partial charge in [0.1, 0.15) is 0 Å². The lowest BCUT2D eigenvalue weighted by Gasteiger charge is -1.89. The van der Waals surface area contributed by atoms with E-state index in [0.717, 1.165) is 12.8 Å². The molecule has 0 aromatic heterocycles. The van der Waals surface area contributed by atoms with Crippen LogP contribution in [0.4, 0.5) is 0 Å². The van der Waals surface area contributed by atoms with Gasteiger partial charge in [-0.1, -0.05) is 6.08 Å². The predicted molar refractivity (Wildman–Crippen MR) is 39.4 cm³/mol. The van der Waals surface area contributed by atoms with Crippen LogP contribution in [0.15, 0.2) is 12.2 Å². The highest BCUT2D eigenvalue weighted by molar-refractivity contribution is 5.81.